The number of hydrogen-bond acceptors (Lipinski definition) is 5. The number of thioether (sulfide) groups is 1. The molecule has 4 nitrogen and oxygen atoms in total. The molecule has 134 valence electrons. The van der Waals surface area contributed by atoms with E-state index in [-0.39, 0.29) is 5.91 Å². The van der Waals surface area contributed by atoms with E-state index >= 15 is 0 Å². The first-order chi connectivity index (χ1) is 12.8. The summed E-state index contributed by atoms with van der Waals surface area (Å²) in [6.45, 7) is 3.28. The molecule has 1 fully saturated rings. The summed E-state index contributed by atoms with van der Waals surface area (Å²) in [6.07, 6.45) is 0.598. The van der Waals surface area contributed by atoms with Gasteiger partial charge >= 0.3 is 0 Å². The fourth-order valence-corrected chi connectivity index (χ4v) is 4.95. The van der Waals surface area contributed by atoms with E-state index in [0.717, 1.165) is 42.6 Å². The zero-order valence-corrected chi connectivity index (χ0v) is 16.1. The van der Waals surface area contributed by atoms with Crippen molar-refractivity contribution < 1.29 is 4.79 Å². The van der Waals surface area contributed by atoms with Crippen molar-refractivity contribution in [2.75, 3.05) is 36.8 Å². The van der Waals surface area contributed by atoms with E-state index in [1.165, 1.54) is 9.60 Å². The van der Waals surface area contributed by atoms with Crippen LogP contribution in [0.1, 0.15) is 6.42 Å². The number of rotatable bonds is 5. The monoisotopic (exact) mass is 383 g/mol. The van der Waals surface area contributed by atoms with Gasteiger partial charge in [0.15, 0.2) is 5.13 Å². The van der Waals surface area contributed by atoms with Crippen molar-refractivity contribution in [3.05, 3.63) is 54.6 Å². The summed E-state index contributed by atoms with van der Waals surface area (Å²) in [5.41, 5.74) is 1.06. The molecule has 0 N–H and O–H groups in total. The van der Waals surface area contributed by atoms with E-state index in [4.69, 9.17) is 4.98 Å². The number of carbonyl (C=O) groups is 1. The molecule has 0 radical (unpaired) electrons. The molecule has 1 aliphatic rings. The Bertz CT molecular complexity index is 840. The van der Waals surface area contributed by atoms with Crippen molar-refractivity contribution >= 4 is 44.4 Å². The second kappa shape index (κ2) is 8.10. The number of para-hydroxylation sites is 1. The molecule has 0 spiro atoms. The van der Waals surface area contributed by atoms with Crippen molar-refractivity contribution in [1.29, 1.82) is 0 Å². The lowest BCUT2D eigenvalue weighted by atomic mass is 10.3. The number of thiazole rings is 1. The Hall–Kier alpha value is -2.05. The summed E-state index contributed by atoms with van der Waals surface area (Å²) in [4.78, 5) is 22.7. The van der Waals surface area contributed by atoms with Crippen LogP contribution in [0.2, 0.25) is 0 Å². The topological polar surface area (TPSA) is 36.4 Å². The Morgan fingerprint density at radius 2 is 1.73 bits per heavy atom. The van der Waals surface area contributed by atoms with Crippen LogP contribution < -0.4 is 4.90 Å². The number of aromatic nitrogens is 1. The van der Waals surface area contributed by atoms with Gasteiger partial charge in [-0.1, -0.05) is 41.7 Å². The molecule has 0 aliphatic carbocycles. The van der Waals surface area contributed by atoms with Crippen molar-refractivity contribution in [3.8, 4) is 0 Å². The first-order valence-corrected chi connectivity index (χ1v) is 10.7. The van der Waals surface area contributed by atoms with E-state index in [0.29, 0.717) is 6.42 Å². The number of hydrogen-bond donors (Lipinski definition) is 0. The molecule has 26 heavy (non-hydrogen) atoms. The number of carbonyl (C=O) groups excluding carboxylic acids is 1. The average molecular weight is 384 g/mol. The van der Waals surface area contributed by atoms with Crippen LogP contribution in [0.25, 0.3) is 10.2 Å². The van der Waals surface area contributed by atoms with Crippen LogP contribution in [0.5, 0.6) is 0 Å². The van der Waals surface area contributed by atoms with Crippen LogP contribution >= 0.6 is 23.1 Å². The summed E-state index contributed by atoms with van der Waals surface area (Å²) < 4.78 is 1.22. The minimum atomic E-state index is 0.261. The fraction of sp³-hybridized carbons (Fsp3) is 0.300. The Morgan fingerprint density at radius 1 is 1.00 bits per heavy atom. The van der Waals surface area contributed by atoms with Crippen LogP contribution in [-0.4, -0.2) is 47.7 Å². The summed E-state index contributed by atoms with van der Waals surface area (Å²) in [5.74, 6) is 1.10. The molecule has 2 aromatic carbocycles. The first kappa shape index (κ1) is 17.4. The third kappa shape index (κ3) is 4.02. The van der Waals surface area contributed by atoms with Crippen LogP contribution in [0.3, 0.4) is 0 Å². The van der Waals surface area contributed by atoms with Crippen molar-refractivity contribution in [2.45, 2.75) is 11.3 Å². The minimum absolute atomic E-state index is 0.261. The number of nitrogens with zero attached hydrogens (tertiary/aromatic N) is 3. The van der Waals surface area contributed by atoms with Gasteiger partial charge in [0.25, 0.3) is 0 Å². The standard InChI is InChI=1S/C20H21N3OS2/c24-19(10-15-25-16-6-2-1-3-7-16)22-11-13-23(14-12-22)20-21-17-8-4-5-9-18(17)26-20/h1-9H,10-15H2. The number of anilines is 1. The Balaban J connectivity index is 1.27. The molecular weight excluding hydrogens is 362 g/mol. The quantitative estimate of drug-likeness (QED) is 0.621. The second-order valence-corrected chi connectivity index (χ2v) is 8.42. The van der Waals surface area contributed by atoms with Gasteiger partial charge in [0, 0.05) is 43.2 Å². The predicted octanol–water partition coefficient (Wildman–Crippen LogP) is 4.13. The SMILES string of the molecule is O=C(CCSc1ccccc1)N1CCN(c2nc3ccccc3s2)CC1. The second-order valence-electron chi connectivity index (χ2n) is 6.24. The maximum atomic E-state index is 12.5. The van der Waals surface area contributed by atoms with Crippen molar-refractivity contribution in [2.24, 2.45) is 0 Å². The van der Waals surface area contributed by atoms with Gasteiger partial charge in [0.05, 0.1) is 10.2 Å². The molecule has 0 bridgehead atoms. The van der Waals surface area contributed by atoms with Gasteiger partial charge in [0.2, 0.25) is 5.91 Å². The van der Waals surface area contributed by atoms with Gasteiger partial charge < -0.3 is 9.80 Å². The van der Waals surface area contributed by atoms with Gasteiger partial charge in [-0.15, -0.1) is 11.8 Å². The minimum Gasteiger partial charge on any atom is -0.345 e. The largest absolute Gasteiger partial charge is 0.345 e. The lowest BCUT2D eigenvalue weighted by Gasteiger charge is -2.34. The van der Waals surface area contributed by atoms with E-state index in [2.05, 4.69) is 29.2 Å². The Morgan fingerprint density at radius 3 is 2.50 bits per heavy atom. The van der Waals surface area contributed by atoms with E-state index in [1.807, 2.05) is 35.2 Å². The Labute approximate surface area is 161 Å². The summed E-state index contributed by atoms with van der Waals surface area (Å²) >= 11 is 3.48. The highest BCUT2D eigenvalue weighted by Gasteiger charge is 2.22. The molecule has 1 aromatic heterocycles. The fourth-order valence-electron chi connectivity index (χ4n) is 3.07. The molecule has 4 rings (SSSR count). The van der Waals surface area contributed by atoms with E-state index in [9.17, 15) is 4.79 Å². The van der Waals surface area contributed by atoms with Crippen LogP contribution in [-0.2, 0) is 4.79 Å². The van der Waals surface area contributed by atoms with Crippen molar-refractivity contribution in [3.63, 3.8) is 0 Å². The average Bonchev–Trinajstić information content (AvgIpc) is 3.13. The van der Waals surface area contributed by atoms with Gasteiger partial charge in [0.1, 0.15) is 0 Å². The van der Waals surface area contributed by atoms with Crippen LogP contribution in [0.15, 0.2) is 59.5 Å². The lowest BCUT2D eigenvalue weighted by Crippen LogP contribution is -2.48. The number of piperazine rings is 1. The zero-order valence-electron chi connectivity index (χ0n) is 14.5. The highest BCUT2D eigenvalue weighted by Crippen LogP contribution is 2.29. The van der Waals surface area contributed by atoms with E-state index < -0.39 is 0 Å². The van der Waals surface area contributed by atoms with Crippen molar-refractivity contribution in [1.82, 2.24) is 9.88 Å². The van der Waals surface area contributed by atoms with Gasteiger partial charge in [-0.2, -0.15) is 0 Å². The molecule has 0 saturated carbocycles. The normalized spacial score (nSPS) is 14.8. The molecule has 6 heteroatoms. The summed E-state index contributed by atoms with van der Waals surface area (Å²) in [6, 6.07) is 18.5. The molecule has 1 saturated heterocycles. The van der Waals surface area contributed by atoms with Gasteiger partial charge in [-0.3, -0.25) is 4.79 Å². The smallest absolute Gasteiger partial charge is 0.223 e. The van der Waals surface area contributed by atoms with Crippen LogP contribution in [0.4, 0.5) is 5.13 Å². The number of benzene rings is 2. The maximum Gasteiger partial charge on any atom is 0.223 e. The molecule has 2 heterocycles. The summed E-state index contributed by atoms with van der Waals surface area (Å²) in [7, 11) is 0. The van der Waals surface area contributed by atoms with E-state index in [1.54, 1.807) is 23.1 Å². The molecule has 1 aliphatic heterocycles. The number of fused-ring (bicyclic) bond motifs is 1. The molecule has 0 unspecified atom stereocenters. The molecule has 3 aromatic rings. The highest BCUT2D eigenvalue weighted by atomic mass is 32.2. The third-order valence-corrected chi connectivity index (χ3v) is 6.62. The zero-order chi connectivity index (χ0) is 17.8. The lowest BCUT2D eigenvalue weighted by molar-refractivity contribution is -0.131. The highest BCUT2D eigenvalue weighted by molar-refractivity contribution is 7.99. The Kier molecular flexibility index (Phi) is 5.41. The molecule has 0 atom stereocenters. The molecular formula is C20H21N3OS2. The third-order valence-electron chi connectivity index (χ3n) is 4.51. The first-order valence-electron chi connectivity index (χ1n) is 8.86. The molecule has 1 amide bonds. The summed E-state index contributed by atoms with van der Waals surface area (Å²) in [5, 5.41) is 1.07. The number of amides is 1. The van der Waals surface area contributed by atoms with Gasteiger partial charge in [-0.05, 0) is 24.3 Å². The van der Waals surface area contributed by atoms with Crippen LogP contribution in [0, 0.1) is 0 Å². The predicted molar refractivity (Wildman–Crippen MR) is 110 cm³/mol. The van der Waals surface area contributed by atoms with Gasteiger partial charge in [-0.25, -0.2) is 4.98 Å². The maximum absolute atomic E-state index is 12.5.